The highest BCUT2D eigenvalue weighted by Gasteiger charge is 2.22. The molecule has 1 aromatic rings. The average Bonchev–Trinajstić information content (AvgIpc) is 2.29. The standard InChI is InChI=1S/C13H19NO2S/c1-10-3-4-12(11-5-7-14-8-6-11)13(9-10)17(2,15)16/h3-4,9,11,14H,5-8H2,1-2H3. The Balaban J connectivity index is 2.45. The predicted octanol–water partition coefficient (Wildman–Crippen LogP) is 1.87. The minimum absolute atomic E-state index is 0.376. The summed E-state index contributed by atoms with van der Waals surface area (Å²) in [6.45, 7) is 3.88. The first-order chi connectivity index (χ1) is 7.98. The van der Waals surface area contributed by atoms with Crippen LogP contribution in [0.3, 0.4) is 0 Å². The molecule has 0 aromatic heterocycles. The van der Waals surface area contributed by atoms with E-state index in [-0.39, 0.29) is 0 Å². The zero-order valence-electron chi connectivity index (χ0n) is 10.4. The topological polar surface area (TPSA) is 46.2 Å². The Morgan fingerprint density at radius 1 is 1.24 bits per heavy atom. The van der Waals surface area contributed by atoms with Crippen molar-refractivity contribution in [2.75, 3.05) is 19.3 Å². The summed E-state index contributed by atoms with van der Waals surface area (Å²) in [6, 6.07) is 5.79. The van der Waals surface area contributed by atoms with Crippen molar-refractivity contribution in [3.8, 4) is 0 Å². The molecule has 1 aliphatic rings. The Kier molecular flexibility index (Phi) is 3.54. The van der Waals surface area contributed by atoms with Gasteiger partial charge >= 0.3 is 0 Å². The highest BCUT2D eigenvalue weighted by molar-refractivity contribution is 7.90. The lowest BCUT2D eigenvalue weighted by molar-refractivity contribution is 0.455. The Bertz CT molecular complexity index is 502. The van der Waals surface area contributed by atoms with Crippen LogP contribution in [0.5, 0.6) is 0 Å². The van der Waals surface area contributed by atoms with E-state index in [1.165, 1.54) is 6.26 Å². The van der Waals surface area contributed by atoms with E-state index in [1.807, 2.05) is 19.1 Å². The Labute approximate surface area is 103 Å². The lowest BCUT2D eigenvalue weighted by Gasteiger charge is -2.24. The lowest BCUT2D eigenvalue weighted by atomic mass is 9.90. The van der Waals surface area contributed by atoms with Crippen molar-refractivity contribution in [1.82, 2.24) is 5.32 Å². The van der Waals surface area contributed by atoms with Crippen molar-refractivity contribution in [1.29, 1.82) is 0 Å². The van der Waals surface area contributed by atoms with Gasteiger partial charge in [0.05, 0.1) is 4.90 Å². The average molecular weight is 253 g/mol. The number of sulfone groups is 1. The smallest absolute Gasteiger partial charge is 0.175 e. The van der Waals surface area contributed by atoms with Crippen LogP contribution >= 0.6 is 0 Å². The van der Waals surface area contributed by atoms with E-state index in [2.05, 4.69) is 5.32 Å². The van der Waals surface area contributed by atoms with Crippen LogP contribution in [0.15, 0.2) is 23.1 Å². The molecule has 0 unspecified atom stereocenters. The number of rotatable bonds is 2. The van der Waals surface area contributed by atoms with Gasteiger partial charge in [0.25, 0.3) is 0 Å². The van der Waals surface area contributed by atoms with E-state index in [1.54, 1.807) is 6.07 Å². The van der Waals surface area contributed by atoms with Gasteiger partial charge in [0.15, 0.2) is 9.84 Å². The Morgan fingerprint density at radius 3 is 2.47 bits per heavy atom. The van der Waals surface area contributed by atoms with Gasteiger partial charge in [-0.2, -0.15) is 0 Å². The number of nitrogens with one attached hydrogen (secondary N) is 1. The Morgan fingerprint density at radius 2 is 1.88 bits per heavy atom. The molecule has 17 heavy (non-hydrogen) atoms. The number of piperidine rings is 1. The van der Waals surface area contributed by atoms with Gasteiger partial charge in [0, 0.05) is 6.26 Å². The zero-order valence-corrected chi connectivity index (χ0v) is 11.2. The van der Waals surface area contributed by atoms with Crippen LogP contribution < -0.4 is 5.32 Å². The van der Waals surface area contributed by atoms with Crippen molar-refractivity contribution in [2.45, 2.75) is 30.6 Å². The molecule has 1 heterocycles. The monoisotopic (exact) mass is 253 g/mol. The SMILES string of the molecule is Cc1ccc(C2CCNCC2)c(S(C)(=O)=O)c1. The molecular formula is C13H19NO2S. The molecular weight excluding hydrogens is 234 g/mol. The summed E-state index contributed by atoms with van der Waals surface area (Å²) in [4.78, 5) is 0.518. The van der Waals surface area contributed by atoms with Crippen LogP contribution in [0.1, 0.15) is 29.9 Å². The summed E-state index contributed by atoms with van der Waals surface area (Å²) in [5, 5.41) is 3.30. The first kappa shape index (κ1) is 12.6. The van der Waals surface area contributed by atoms with Crippen LogP contribution in [0.2, 0.25) is 0 Å². The molecule has 1 saturated heterocycles. The molecule has 0 spiro atoms. The van der Waals surface area contributed by atoms with Crippen molar-refractivity contribution in [3.05, 3.63) is 29.3 Å². The molecule has 0 aliphatic carbocycles. The fourth-order valence-electron chi connectivity index (χ4n) is 2.43. The summed E-state index contributed by atoms with van der Waals surface area (Å²) in [6.07, 6.45) is 3.34. The number of hydrogen-bond donors (Lipinski definition) is 1. The highest BCUT2D eigenvalue weighted by Crippen LogP contribution is 2.31. The molecule has 0 bridgehead atoms. The van der Waals surface area contributed by atoms with Gasteiger partial charge in [-0.1, -0.05) is 12.1 Å². The van der Waals surface area contributed by atoms with E-state index < -0.39 is 9.84 Å². The normalized spacial score (nSPS) is 18.2. The fraction of sp³-hybridized carbons (Fsp3) is 0.538. The molecule has 0 radical (unpaired) electrons. The van der Waals surface area contributed by atoms with Gasteiger partial charge in [-0.3, -0.25) is 0 Å². The first-order valence-electron chi connectivity index (χ1n) is 6.00. The maximum absolute atomic E-state index is 11.8. The van der Waals surface area contributed by atoms with Gasteiger partial charge in [0.2, 0.25) is 0 Å². The van der Waals surface area contributed by atoms with Gasteiger partial charge in [-0.15, -0.1) is 0 Å². The largest absolute Gasteiger partial charge is 0.317 e. The van der Waals surface area contributed by atoms with Crippen LogP contribution in [0.25, 0.3) is 0 Å². The molecule has 0 atom stereocenters. The highest BCUT2D eigenvalue weighted by atomic mass is 32.2. The molecule has 2 rings (SSSR count). The molecule has 1 N–H and O–H groups in total. The third kappa shape index (κ3) is 2.87. The number of aryl methyl sites for hydroxylation is 1. The second kappa shape index (κ2) is 4.78. The first-order valence-corrected chi connectivity index (χ1v) is 7.89. The predicted molar refractivity (Wildman–Crippen MR) is 69.1 cm³/mol. The summed E-state index contributed by atoms with van der Waals surface area (Å²) < 4.78 is 23.7. The summed E-state index contributed by atoms with van der Waals surface area (Å²) in [5.74, 6) is 0.376. The molecule has 3 nitrogen and oxygen atoms in total. The zero-order chi connectivity index (χ0) is 12.5. The van der Waals surface area contributed by atoms with E-state index in [0.29, 0.717) is 10.8 Å². The second-order valence-corrected chi connectivity index (χ2v) is 6.82. The maximum atomic E-state index is 11.8. The molecule has 0 saturated carbocycles. The van der Waals surface area contributed by atoms with Gasteiger partial charge < -0.3 is 5.32 Å². The number of benzene rings is 1. The van der Waals surface area contributed by atoms with Crippen molar-refractivity contribution >= 4 is 9.84 Å². The van der Waals surface area contributed by atoms with Crippen LogP contribution in [0, 0.1) is 6.92 Å². The molecule has 1 fully saturated rings. The van der Waals surface area contributed by atoms with Crippen LogP contribution in [-0.2, 0) is 9.84 Å². The van der Waals surface area contributed by atoms with Crippen molar-refractivity contribution < 1.29 is 8.42 Å². The summed E-state index contributed by atoms with van der Waals surface area (Å²) in [7, 11) is -3.13. The van der Waals surface area contributed by atoms with E-state index in [9.17, 15) is 8.42 Å². The van der Waals surface area contributed by atoms with Crippen LogP contribution in [-0.4, -0.2) is 27.8 Å². The molecule has 4 heteroatoms. The van der Waals surface area contributed by atoms with Crippen molar-refractivity contribution in [2.24, 2.45) is 0 Å². The third-order valence-corrected chi connectivity index (χ3v) is 4.50. The van der Waals surface area contributed by atoms with E-state index in [0.717, 1.165) is 37.1 Å². The van der Waals surface area contributed by atoms with Gasteiger partial charge in [0.1, 0.15) is 0 Å². The molecule has 94 valence electrons. The maximum Gasteiger partial charge on any atom is 0.175 e. The quantitative estimate of drug-likeness (QED) is 0.875. The third-order valence-electron chi connectivity index (χ3n) is 3.35. The molecule has 1 aliphatic heterocycles. The van der Waals surface area contributed by atoms with Crippen molar-refractivity contribution in [3.63, 3.8) is 0 Å². The summed E-state index contributed by atoms with van der Waals surface area (Å²) in [5.41, 5.74) is 2.00. The minimum atomic E-state index is -3.13. The molecule has 0 amide bonds. The minimum Gasteiger partial charge on any atom is -0.317 e. The lowest BCUT2D eigenvalue weighted by Crippen LogP contribution is -2.27. The Hall–Kier alpha value is -0.870. The summed E-state index contributed by atoms with van der Waals surface area (Å²) >= 11 is 0. The van der Waals surface area contributed by atoms with Gasteiger partial charge in [-0.25, -0.2) is 8.42 Å². The van der Waals surface area contributed by atoms with Crippen LogP contribution in [0.4, 0.5) is 0 Å². The molecule has 1 aromatic carbocycles. The number of hydrogen-bond acceptors (Lipinski definition) is 3. The van der Waals surface area contributed by atoms with E-state index >= 15 is 0 Å². The van der Waals surface area contributed by atoms with Gasteiger partial charge in [-0.05, 0) is 56.0 Å². The second-order valence-electron chi connectivity index (χ2n) is 4.84. The fourth-order valence-corrected chi connectivity index (χ4v) is 3.50. The van der Waals surface area contributed by atoms with E-state index in [4.69, 9.17) is 0 Å².